The normalized spacial score (nSPS) is 13.3. The summed E-state index contributed by atoms with van der Waals surface area (Å²) in [5.74, 6) is 0.598. The van der Waals surface area contributed by atoms with Crippen LogP contribution >= 0.6 is 11.8 Å². The van der Waals surface area contributed by atoms with Crippen LogP contribution in [0.15, 0.2) is 30.3 Å². The molecule has 1 aromatic rings. The van der Waals surface area contributed by atoms with Crippen molar-refractivity contribution in [3.63, 3.8) is 0 Å². The fourth-order valence-corrected chi connectivity index (χ4v) is 2.45. The van der Waals surface area contributed by atoms with Crippen molar-refractivity contribution in [2.75, 3.05) is 26.4 Å². The van der Waals surface area contributed by atoms with Crippen LogP contribution in [0.5, 0.6) is 0 Å². The van der Waals surface area contributed by atoms with Gasteiger partial charge in [0.25, 0.3) is 0 Å². The van der Waals surface area contributed by atoms with Crippen LogP contribution in [0.1, 0.15) is 32.4 Å². The zero-order valence-electron chi connectivity index (χ0n) is 13.1. The number of rotatable bonds is 6. The molecule has 0 saturated heterocycles. The van der Waals surface area contributed by atoms with Crippen LogP contribution in [0.25, 0.3) is 0 Å². The molecule has 0 aliphatic heterocycles. The summed E-state index contributed by atoms with van der Waals surface area (Å²) >= 11 is 1.67. The number of benzene rings is 1. The smallest absolute Gasteiger partial charge is 0.230 e. The second kappa shape index (κ2) is 7.70. The Bertz CT molecular complexity index is 412. The average molecular weight is 294 g/mol. The van der Waals surface area contributed by atoms with E-state index in [1.807, 2.05) is 32.3 Å². The van der Waals surface area contributed by atoms with E-state index in [0.717, 1.165) is 12.1 Å². The fourth-order valence-electron chi connectivity index (χ4n) is 1.80. The number of nitrogens with one attached hydrogen (secondary N) is 1. The first kappa shape index (κ1) is 17.1. The van der Waals surface area contributed by atoms with Gasteiger partial charge in [0.15, 0.2) is 0 Å². The molecule has 4 heteroatoms. The third-order valence-electron chi connectivity index (χ3n) is 2.72. The maximum atomic E-state index is 12.1. The van der Waals surface area contributed by atoms with E-state index >= 15 is 0 Å². The van der Waals surface area contributed by atoms with Crippen LogP contribution in [0.3, 0.4) is 0 Å². The first-order valence-corrected chi connectivity index (χ1v) is 7.89. The molecule has 1 amide bonds. The summed E-state index contributed by atoms with van der Waals surface area (Å²) in [5.41, 5.74) is 1.15. The summed E-state index contributed by atoms with van der Waals surface area (Å²) < 4.78 is 0.112. The molecule has 1 aromatic carbocycles. The molecule has 0 saturated carbocycles. The lowest BCUT2D eigenvalue weighted by Crippen LogP contribution is -2.36. The highest BCUT2D eigenvalue weighted by atomic mass is 32.2. The molecule has 0 bridgehead atoms. The number of carbonyl (C=O) groups is 1. The molecular weight excluding hydrogens is 268 g/mol. The van der Waals surface area contributed by atoms with E-state index < -0.39 is 0 Å². The van der Waals surface area contributed by atoms with Crippen LogP contribution in [-0.4, -0.2) is 41.9 Å². The van der Waals surface area contributed by atoms with E-state index in [-0.39, 0.29) is 16.7 Å². The summed E-state index contributed by atoms with van der Waals surface area (Å²) in [6.07, 6.45) is 0. The highest BCUT2D eigenvalue weighted by Crippen LogP contribution is 2.23. The molecule has 20 heavy (non-hydrogen) atoms. The third-order valence-corrected chi connectivity index (χ3v) is 3.99. The molecule has 1 rings (SSSR count). The summed E-state index contributed by atoms with van der Waals surface area (Å²) in [6, 6.07) is 10.2. The van der Waals surface area contributed by atoms with Crippen molar-refractivity contribution in [3.05, 3.63) is 35.9 Å². The lowest BCUT2D eigenvalue weighted by molar-refractivity contribution is -0.119. The Morgan fingerprint density at radius 1 is 1.25 bits per heavy atom. The number of hydrogen-bond acceptors (Lipinski definition) is 3. The molecular formula is C16H26N2OS. The van der Waals surface area contributed by atoms with Crippen molar-refractivity contribution in [1.82, 2.24) is 10.2 Å². The summed E-state index contributed by atoms with van der Waals surface area (Å²) in [5, 5.41) is 3.14. The van der Waals surface area contributed by atoms with Crippen LogP contribution in [-0.2, 0) is 4.79 Å². The van der Waals surface area contributed by atoms with Crippen LogP contribution in [0.4, 0.5) is 0 Å². The SMILES string of the molecule is CN(C)CC(NC(=O)CSC(C)(C)C)c1ccccc1. The Labute approximate surface area is 127 Å². The van der Waals surface area contributed by atoms with Gasteiger partial charge in [-0.05, 0) is 19.7 Å². The van der Waals surface area contributed by atoms with Gasteiger partial charge in [-0.2, -0.15) is 0 Å². The predicted molar refractivity (Wildman–Crippen MR) is 88.1 cm³/mol. The minimum Gasteiger partial charge on any atom is -0.347 e. The molecule has 0 heterocycles. The number of hydrogen-bond donors (Lipinski definition) is 1. The Morgan fingerprint density at radius 2 is 1.85 bits per heavy atom. The van der Waals surface area contributed by atoms with Crippen molar-refractivity contribution >= 4 is 17.7 Å². The number of carbonyl (C=O) groups excluding carboxylic acids is 1. The van der Waals surface area contributed by atoms with Crippen LogP contribution in [0, 0.1) is 0 Å². The first-order chi connectivity index (χ1) is 9.28. The van der Waals surface area contributed by atoms with Gasteiger partial charge in [-0.3, -0.25) is 4.79 Å². The second-order valence-electron chi connectivity index (χ2n) is 6.19. The lowest BCUT2D eigenvalue weighted by Gasteiger charge is -2.24. The van der Waals surface area contributed by atoms with E-state index in [0.29, 0.717) is 5.75 Å². The van der Waals surface area contributed by atoms with Crippen LogP contribution < -0.4 is 5.32 Å². The highest BCUT2D eigenvalue weighted by molar-refractivity contribution is 8.01. The number of likely N-dealkylation sites (N-methyl/N-ethyl adjacent to an activating group) is 1. The Hall–Kier alpha value is -1.00. The largest absolute Gasteiger partial charge is 0.347 e. The minimum absolute atomic E-state index is 0.0410. The maximum Gasteiger partial charge on any atom is 0.230 e. The predicted octanol–water partition coefficient (Wildman–Crippen LogP) is 2.94. The molecule has 0 aliphatic carbocycles. The Morgan fingerprint density at radius 3 is 2.35 bits per heavy atom. The minimum atomic E-state index is 0.0410. The van der Waals surface area contributed by atoms with E-state index in [9.17, 15) is 4.79 Å². The van der Waals surface area contributed by atoms with Gasteiger partial charge in [0.1, 0.15) is 0 Å². The lowest BCUT2D eigenvalue weighted by atomic mass is 10.1. The van der Waals surface area contributed by atoms with Crippen molar-refractivity contribution in [3.8, 4) is 0 Å². The van der Waals surface area contributed by atoms with Gasteiger partial charge in [-0.15, -0.1) is 11.8 Å². The molecule has 0 fully saturated rings. The van der Waals surface area contributed by atoms with Gasteiger partial charge >= 0.3 is 0 Å². The summed E-state index contributed by atoms with van der Waals surface area (Å²) in [6.45, 7) is 7.17. The van der Waals surface area contributed by atoms with Crippen molar-refractivity contribution < 1.29 is 4.79 Å². The molecule has 0 radical (unpaired) electrons. The molecule has 1 atom stereocenters. The zero-order valence-corrected chi connectivity index (χ0v) is 14.0. The van der Waals surface area contributed by atoms with E-state index in [4.69, 9.17) is 0 Å². The maximum absolute atomic E-state index is 12.1. The Balaban J connectivity index is 2.64. The fraction of sp³-hybridized carbons (Fsp3) is 0.562. The molecule has 3 nitrogen and oxygen atoms in total. The number of thioether (sulfide) groups is 1. The van der Waals surface area contributed by atoms with Gasteiger partial charge in [-0.25, -0.2) is 0 Å². The van der Waals surface area contributed by atoms with Gasteiger partial charge in [0.2, 0.25) is 5.91 Å². The van der Waals surface area contributed by atoms with Gasteiger partial charge in [-0.1, -0.05) is 51.1 Å². The van der Waals surface area contributed by atoms with Crippen molar-refractivity contribution in [2.24, 2.45) is 0 Å². The molecule has 0 spiro atoms. The average Bonchev–Trinajstić information content (AvgIpc) is 2.35. The standard InChI is InChI=1S/C16H26N2OS/c1-16(2,3)20-12-15(19)17-14(11-18(4)5)13-9-7-6-8-10-13/h6-10,14H,11-12H2,1-5H3,(H,17,19). The molecule has 1 N–H and O–H groups in total. The Kier molecular flexibility index (Phi) is 6.56. The quantitative estimate of drug-likeness (QED) is 0.875. The van der Waals surface area contributed by atoms with E-state index in [2.05, 4.69) is 43.1 Å². The topological polar surface area (TPSA) is 32.3 Å². The second-order valence-corrected chi connectivity index (χ2v) is 8.00. The van der Waals surface area contributed by atoms with E-state index in [1.165, 1.54) is 0 Å². The monoisotopic (exact) mass is 294 g/mol. The van der Waals surface area contributed by atoms with Crippen molar-refractivity contribution in [2.45, 2.75) is 31.6 Å². The number of amides is 1. The van der Waals surface area contributed by atoms with E-state index in [1.54, 1.807) is 11.8 Å². The third kappa shape index (κ3) is 6.96. The molecule has 1 unspecified atom stereocenters. The van der Waals surface area contributed by atoms with Gasteiger partial charge < -0.3 is 10.2 Å². The molecule has 112 valence electrons. The van der Waals surface area contributed by atoms with Gasteiger partial charge in [0, 0.05) is 11.3 Å². The number of nitrogens with zero attached hydrogens (tertiary/aromatic N) is 1. The molecule has 0 aromatic heterocycles. The van der Waals surface area contributed by atoms with Gasteiger partial charge in [0.05, 0.1) is 11.8 Å². The first-order valence-electron chi connectivity index (χ1n) is 6.91. The summed E-state index contributed by atoms with van der Waals surface area (Å²) in [7, 11) is 4.04. The summed E-state index contributed by atoms with van der Waals surface area (Å²) in [4.78, 5) is 14.2. The zero-order chi connectivity index (χ0) is 15.2. The highest BCUT2D eigenvalue weighted by Gasteiger charge is 2.18. The van der Waals surface area contributed by atoms with Crippen molar-refractivity contribution in [1.29, 1.82) is 0 Å². The molecule has 0 aliphatic rings. The van der Waals surface area contributed by atoms with Crippen LogP contribution in [0.2, 0.25) is 0 Å².